The fraction of sp³-hybridized carbons (Fsp3) is 0.429. The number of carbonyl (C=O) groups is 1. The molecule has 7 heteroatoms. The van der Waals surface area contributed by atoms with Gasteiger partial charge in [0.15, 0.2) is 5.11 Å². The normalized spacial score (nSPS) is 17.3. The summed E-state index contributed by atoms with van der Waals surface area (Å²) in [7, 11) is 0. The van der Waals surface area contributed by atoms with Crippen LogP contribution in [0.2, 0.25) is 0 Å². The van der Waals surface area contributed by atoms with Crippen LogP contribution in [0.15, 0.2) is 28.7 Å². The molecule has 1 saturated heterocycles. The molecule has 0 aromatic heterocycles. The highest BCUT2D eigenvalue weighted by Crippen LogP contribution is 2.20. The first kappa shape index (κ1) is 16.2. The van der Waals surface area contributed by atoms with E-state index in [1.807, 2.05) is 24.3 Å². The molecule has 1 aromatic carbocycles. The third-order valence-electron chi connectivity index (χ3n) is 3.07. The van der Waals surface area contributed by atoms with Gasteiger partial charge in [-0.05, 0) is 53.1 Å². The monoisotopic (exact) mass is 371 g/mol. The van der Waals surface area contributed by atoms with Crippen molar-refractivity contribution < 1.29 is 9.53 Å². The molecule has 0 saturated carbocycles. The molecule has 0 bridgehead atoms. The molecule has 1 aliphatic rings. The highest BCUT2D eigenvalue weighted by Gasteiger charge is 2.15. The van der Waals surface area contributed by atoms with E-state index in [-0.39, 0.29) is 18.6 Å². The van der Waals surface area contributed by atoms with Crippen molar-refractivity contribution in [2.45, 2.75) is 18.9 Å². The highest BCUT2D eigenvalue weighted by molar-refractivity contribution is 9.10. The minimum absolute atomic E-state index is 0.124. The van der Waals surface area contributed by atoms with E-state index in [4.69, 9.17) is 17.0 Å². The Labute approximate surface area is 137 Å². The molecule has 2 rings (SSSR count). The molecular weight excluding hydrogens is 354 g/mol. The summed E-state index contributed by atoms with van der Waals surface area (Å²) in [6.07, 6.45) is 2.37. The van der Waals surface area contributed by atoms with Crippen LogP contribution in [0.3, 0.4) is 0 Å². The molecule has 1 aromatic rings. The molecular formula is C14H18BrN3O2S. The lowest BCUT2D eigenvalue weighted by atomic mass is 10.2. The van der Waals surface area contributed by atoms with Crippen LogP contribution < -0.4 is 16.0 Å². The lowest BCUT2D eigenvalue weighted by molar-refractivity contribution is -0.115. The molecule has 1 heterocycles. The maximum atomic E-state index is 11.8. The molecule has 5 nitrogen and oxygen atoms in total. The molecule has 1 aliphatic heterocycles. The predicted octanol–water partition coefficient (Wildman–Crippen LogP) is 2.03. The maximum absolute atomic E-state index is 11.8. The van der Waals surface area contributed by atoms with Gasteiger partial charge in [-0.3, -0.25) is 4.79 Å². The lowest BCUT2D eigenvalue weighted by Gasteiger charge is -2.14. The summed E-state index contributed by atoms with van der Waals surface area (Å²) < 4.78 is 6.33. The molecule has 0 spiro atoms. The predicted molar refractivity (Wildman–Crippen MR) is 90.3 cm³/mol. The Hall–Kier alpha value is -1.18. The van der Waals surface area contributed by atoms with E-state index < -0.39 is 0 Å². The van der Waals surface area contributed by atoms with Gasteiger partial charge < -0.3 is 20.7 Å². The zero-order chi connectivity index (χ0) is 15.1. The van der Waals surface area contributed by atoms with Gasteiger partial charge in [0.1, 0.15) is 0 Å². The topological polar surface area (TPSA) is 62.4 Å². The van der Waals surface area contributed by atoms with E-state index in [9.17, 15) is 4.79 Å². The van der Waals surface area contributed by atoms with Crippen LogP contribution in [0.25, 0.3) is 0 Å². The molecule has 0 radical (unpaired) electrons. The SMILES string of the molecule is O=C(CNC(=S)NC[C@H]1CCCO1)Nc1ccccc1Br. The summed E-state index contributed by atoms with van der Waals surface area (Å²) in [5, 5.41) is 9.21. The number of nitrogens with one attached hydrogen (secondary N) is 3. The van der Waals surface area contributed by atoms with E-state index in [0.29, 0.717) is 11.7 Å². The number of para-hydroxylation sites is 1. The third-order valence-corrected chi connectivity index (χ3v) is 4.05. The number of carbonyl (C=O) groups excluding carboxylic acids is 1. The van der Waals surface area contributed by atoms with Gasteiger partial charge in [0, 0.05) is 17.6 Å². The van der Waals surface area contributed by atoms with Gasteiger partial charge in [0.2, 0.25) is 5.91 Å². The van der Waals surface area contributed by atoms with Crippen LogP contribution in [0.5, 0.6) is 0 Å². The largest absolute Gasteiger partial charge is 0.376 e. The van der Waals surface area contributed by atoms with Crippen LogP contribution in [0.4, 0.5) is 5.69 Å². The molecule has 1 atom stereocenters. The summed E-state index contributed by atoms with van der Waals surface area (Å²) in [5.74, 6) is -0.150. The minimum Gasteiger partial charge on any atom is -0.376 e. The first-order chi connectivity index (χ1) is 10.1. The molecule has 3 N–H and O–H groups in total. The molecule has 0 aliphatic carbocycles. The minimum atomic E-state index is -0.150. The Bertz CT molecular complexity index is 507. The smallest absolute Gasteiger partial charge is 0.243 e. The fourth-order valence-electron chi connectivity index (χ4n) is 1.99. The van der Waals surface area contributed by atoms with Crippen LogP contribution >= 0.6 is 28.1 Å². The van der Waals surface area contributed by atoms with Crippen molar-refractivity contribution in [3.8, 4) is 0 Å². The van der Waals surface area contributed by atoms with Crippen molar-refractivity contribution in [1.82, 2.24) is 10.6 Å². The summed E-state index contributed by atoms with van der Waals surface area (Å²) >= 11 is 8.51. The number of halogens is 1. The van der Waals surface area contributed by atoms with E-state index >= 15 is 0 Å². The van der Waals surface area contributed by atoms with Crippen molar-refractivity contribution in [2.75, 3.05) is 25.0 Å². The number of ether oxygens (including phenoxy) is 1. The molecule has 114 valence electrons. The number of benzene rings is 1. The average Bonchev–Trinajstić information content (AvgIpc) is 2.99. The first-order valence-electron chi connectivity index (χ1n) is 6.83. The first-order valence-corrected chi connectivity index (χ1v) is 8.03. The van der Waals surface area contributed by atoms with Crippen LogP contribution in [0, 0.1) is 0 Å². The fourth-order valence-corrected chi connectivity index (χ4v) is 2.53. The second-order valence-corrected chi connectivity index (χ2v) is 5.99. The Morgan fingerprint density at radius 2 is 2.19 bits per heavy atom. The number of rotatable bonds is 5. The van der Waals surface area contributed by atoms with Crippen LogP contribution in [-0.4, -0.2) is 36.8 Å². The zero-order valence-electron chi connectivity index (χ0n) is 11.5. The standard InChI is InChI=1S/C14H18BrN3O2S/c15-11-5-1-2-6-12(11)18-13(19)9-17-14(21)16-8-10-4-3-7-20-10/h1-2,5-6,10H,3-4,7-9H2,(H,18,19)(H2,16,17,21)/t10-/m1/s1. The van der Waals surface area contributed by atoms with E-state index in [1.54, 1.807) is 0 Å². The summed E-state index contributed by atoms with van der Waals surface area (Å²) in [4.78, 5) is 11.8. The Balaban J connectivity index is 1.66. The van der Waals surface area contributed by atoms with Gasteiger partial charge in [-0.1, -0.05) is 12.1 Å². The summed E-state index contributed by atoms with van der Waals surface area (Å²) in [5.41, 5.74) is 0.738. The van der Waals surface area contributed by atoms with Crippen molar-refractivity contribution >= 4 is 44.9 Å². The van der Waals surface area contributed by atoms with Crippen molar-refractivity contribution in [3.63, 3.8) is 0 Å². The van der Waals surface area contributed by atoms with Gasteiger partial charge in [0.25, 0.3) is 0 Å². The van der Waals surface area contributed by atoms with Crippen LogP contribution in [0.1, 0.15) is 12.8 Å². The highest BCUT2D eigenvalue weighted by atomic mass is 79.9. The Kier molecular flexibility index (Phi) is 6.41. The number of hydrogen-bond donors (Lipinski definition) is 3. The van der Waals surface area contributed by atoms with E-state index in [2.05, 4.69) is 31.9 Å². The lowest BCUT2D eigenvalue weighted by Crippen LogP contribution is -2.42. The third kappa shape index (κ3) is 5.61. The molecule has 1 fully saturated rings. The van der Waals surface area contributed by atoms with Gasteiger partial charge in [-0.25, -0.2) is 0 Å². The Morgan fingerprint density at radius 3 is 2.90 bits per heavy atom. The number of anilines is 1. The number of thiocarbonyl (C=S) groups is 1. The van der Waals surface area contributed by atoms with Crippen molar-refractivity contribution in [2.24, 2.45) is 0 Å². The maximum Gasteiger partial charge on any atom is 0.243 e. The van der Waals surface area contributed by atoms with Crippen molar-refractivity contribution in [1.29, 1.82) is 0 Å². The zero-order valence-corrected chi connectivity index (χ0v) is 13.9. The summed E-state index contributed by atoms with van der Waals surface area (Å²) in [6, 6.07) is 7.45. The van der Waals surface area contributed by atoms with Gasteiger partial charge in [-0.2, -0.15) is 0 Å². The molecule has 1 amide bonds. The second kappa shape index (κ2) is 8.31. The van der Waals surface area contributed by atoms with E-state index in [1.165, 1.54) is 0 Å². The van der Waals surface area contributed by atoms with Crippen molar-refractivity contribution in [3.05, 3.63) is 28.7 Å². The quantitative estimate of drug-likeness (QED) is 0.691. The van der Waals surface area contributed by atoms with Gasteiger partial charge in [0.05, 0.1) is 18.3 Å². The average molecular weight is 372 g/mol. The van der Waals surface area contributed by atoms with E-state index in [0.717, 1.165) is 29.6 Å². The number of amides is 1. The van der Waals surface area contributed by atoms with Crippen LogP contribution in [-0.2, 0) is 9.53 Å². The number of hydrogen-bond acceptors (Lipinski definition) is 3. The molecule has 0 unspecified atom stereocenters. The second-order valence-electron chi connectivity index (χ2n) is 4.73. The van der Waals surface area contributed by atoms with Gasteiger partial charge in [-0.15, -0.1) is 0 Å². The molecule has 21 heavy (non-hydrogen) atoms. The Morgan fingerprint density at radius 1 is 1.38 bits per heavy atom. The summed E-state index contributed by atoms with van der Waals surface area (Å²) in [6.45, 7) is 1.62. The van der Waals surface area contributed by atoms with Gasteiger partial charge >= 0.3 is 0 Å².